The van der Waals surface area contributed by atoms with Crippen molar-refractivity contribution in [3.8, 4) is 11.3 Å². The van der Waals surface area contributed by atoms with Gasteiger partial charge in [0.25, 0.3) is 0 Å². The van der Waals surface area contributed by atoms with Gasteiger partial charge in [-0.25, -0.2) is 4.63 Å². The lowest BCUT2D eigenvalue weighted by Crippen LogP contribution is -2.10. The first-order valence-electron chi connectivity index (χ1n) is 5.40. The number of aromatic nitrogens is 2. The van der Waals surface area contributed by atoms with Gasteiger partial charge in [0.15, 0.2) is 5.69 Å². The molecule has 0 aliphatic rings. The summed E-state index contributed by atoms with van der Waals surface area (Å²) in [6, 6.07) is 7.76. The lowest BCUT2D eigenvalue weighted by Gasteiger charge is -2.01. The van der Waals surface area contributed by atoms with E-state index in [4.69, 9.17) is 0 Å². The Morgan fingerprint density at radius 2 is 2.00 bits per heavy atom. The third kappa shape index (κ3) is 2.50. The highest BCUT2D eigenvalue weighted by molar-refractivity contribution is 5.92. The fourth-order valence-corrected chi connectivity index (χ4v) is 1.39. The number of rotatable bonds is 3. The molecular weight excluding hydrogens is 218 g/mol. The number of carbonyl (C=O) groups is 1. The fourth-order valence-electron chi connectivity index (χ4n) is 1.39. The van der Waals surface area contributed by atoms with Gasteiger partial charge in [-0.3, -0.25) is 4.79 Å². The normalized spacial score (nSPS) is 10.2. The van der Waals surface area contributed by atoms with Crippen LogP contribution < -0.4 is 5.32 Å². The van der Waals surface area contributed by atoms with Crippen molar-refractivity contribution in [2.75, 3.05) is 5.32 Å². The van der Waals surface area contributed by atoms with Crippen molar-refractivity contribution >= 4 is 11.7 Å². The first-order valence-corrected chi connectivity index (χ1v) is 5.40. The summed E-state index contributed by atoms with van der Waals surface area (Å²) in [5.41, 5.74) is 2.57. The third-order valence-electron chi connectivity index (χ3n) is 2.39. The molecule has 0 saturated heterocycles. The summed E-state index contributed by atoms with van der Waals surface area (Å²) in [6.45, 7) is 3.78. The molecule has 5 heteroatoms. The number of aryl methyl sites for hydroxylation is 1. The first-order chi connectivity index (χ1) is 8.20. The number of carbonyl (C=O) groups excluding carboxylic acids is 1. The molecule has 0 saturated carbocycles. The summed E-state index contributed by atoms with van der Waals surface area (Å²) in [5.74, 6) is 0.245. The topological polar surface area (TPSA) is 68.0 Å². The standard InChI is InChI=1S/C12H13N3O2/c1-3-10(16)13-12-11(14-17-15-12)9-6-4-8(2)5-7-9/h4-7H,3H2,1-2H3,(H,13,15,16). The molecular formula is C12H13N3O2. The van der Waals surface area contributed by atoms with Crippen LogP contribution in [-0.2, 0) is 4.79 Å². The molecule has 0 aliphatic heterocycles. The monoisotopic (exact) mass is 231 g/mol. The fraction of sp³-hybridized carbons (Fsp3) is 0.250. The zero-order chi connectivity index (χ0) is 12.3. The minimum atomic E-state index is -0.117. The maximum absolute atomic E-state index is 11.3. The Bertz CT molecular complexity index is 517. The second-order valence-electron chi connectivity index (χ2n) is 3.73. The molecule has 5 nitrogen and oxygen atoms in total. The van der Waals surface area contributed by atoms with E-state index in [1.165, 1.54) is 0 Å². The number of benzene rings is 1. The predicted octanol–water partition coefficient (Wildman–Crippen LogP) is 2.39. The van der Waals surface area contributed by atoms with Crippen molar-refractivity contribution in [3.05, 3.63) is 29.8 Å². The second-order valence-corrected chi connectivity index (χ2v) is 3.73. The van der Waals surface area contributed by atoms with Gasteiger partial charge in [0.1, 0.15) is 0 Å². The SMILES string of the molecule is CCC(=O)Nc1nonc1-c1ccc(C)cc1. The molecule has 1 N–H and O–H groups in total. The van der Waals surface area contributed by atoms with Gasteiger partial charge in [0.05, 0.1) is 0 Å². The van der Waals surface area contributed by atoms with E-state index in [0.717, 1.165) is 11.1 Å². The zero-order valence-electron chi connectivity index (χ0n) is 9.73. The second kappa shape index (κ2) is 4.78. The van der Waals surface area contributed by atoms with Gasteiger partial charge < -0.3 is 5.32 Å². The van der Waals surface area contributed by atoms with Crippen LogP contribution in [0.5, 0.6) is 0 Å². The van der Waals surface area contributed by atoms with Gasteiger partial charge >= 0.3 is 0 Å². The Hall–Kier alpha value is -2.17. The van der Waals surface area contributed by atoms with Crippen LogP contribution in [0.3, 0.4) is 0 Å². The smallest absolute Gasteiger partial charge is 0.225 e. The van der Waals surface area contributed by atoms with Crippen LogP contribution in [-0.4, -0.2) is 16.2 Å². The average molecular weight is 231 g/mol. The van der Waals surface area contributed by atoms with Crippen molar-refractivity contribution in [1.82, 2.24) is 10.3 Å². The molecule has 0 atom stereocenters. The Morgan fingerprint density at radius 1 is 1.29 bits per heavy atom. The summed E-state index contributed by atoms with van der Waals surface area (Å²) < 4.78 is 4.66. The Labute approximate surface area is 98.8 Å². The number of anilines is 1. The number of nitrogens with zero attached hydrogens (tertiary/aromatic N) is 2. The molecule has 1 aromatic heterocycles. The Kier molecular flexibility index (Phi) is 3.18. The van der Waals surface area contributed by atoms with E-state index in [9.17, 15) is 4.79 Å². The van der Waals surface area contributed by atoms with Crippen LogP contribution in [0.15, 0.2) is 28.9 Å². The molecule has 0 bridgehead atoms. The lowest BCUT2D eigenvalue weighted by molar-refractivity contribution is -0.115. The van der Waals surface area contributed by atoms with Crippen LogP contribution in [0, 0.1) is 6.92 Å². The summed E-state index contributed by atoms with van der Waals surface area (Å²) >= 11 is 0. The van der Waals surface area contributed by atoms with E-state index in [0.29, 0.717) is 17.9 Å². The summed E-state index contributed by atoms with van der Waals surface area (Å²) in [4.78, 5) is 11.3. The molecule has 1 heterocycles. The number of hydrogen-bond acceptors (Lipinski definition) is 4. The van der Waals surface area contributed by atoms with Crippen molar-refractivity contribution in [3.63, 3.8) is 0 Å². The third-order valence-corrected chi connectivity index (χ3v) is 2.39. The van der Waals surface area contributed by atoms with Crippen LogP contribution in [0.4, 0.5) is 5.82 Å². The molecule has 1 aromatic carbocycles. The van der Waals surface area contributed by atoms with E-state index in [1.54, 1.807) is 6.92 Å². The highest BCUT2D eigenvalue weighted by atomic mass is 16.6. The van der Waals surface area contributed by atoms with Gasteiger partial charge in [-0.05, 0) is 17.2 Å². The molecule has 0 fully saturated rings. The molecule has 0 aliphatic carbocycles. The Balaban J connectivity index is 2.30. The largest absolute Gasteiger partial charge is 0.306 e. The molecule has 1 amide bonds. The average Bonchev–Trinajstić information content (AvgIpc) is 2.78. The van der Waals surface area contributed by atoms with E-state index in [1.807, 2.05) is 31.2 Å². The molecule has 0 radical (unpaired) electrons. The quantitative estimate of drug-likeness (QED) is 0.880. The summed E-state index contributed by atoms with van der Waals surface area (Å²) in [5, 5.41) is 10.1. The maximum atomic E-state index is 11.3. The summed E-state index contributed by atoms with van der Waals surface area (Å²) in [6.07, 6.45) is 0.389. The zero-order valence-corrected chi connectivity index (χ0v) is 9.73. The first kappa shape index (κ1) is 11.3. The minimum absolute atomic E-state index is 0.117. The molecule has 17 heavy (non-hydrogen) atoms. The van der Waals surface area contributed by atoms with Crippen LogP contribution in [0.1, 0.15) is 18.9 Å². The molecule has 2 aromatic rings. The van der Waals surface area contributed by atoms with Gasteiger partial charge in [-0.1, -0.05) is 36.8 Å². The molecule has 0 unspecified atom stereocenters. The van der Waals surface area contributed by atoms with Gasteiger partial charge in [0, 0.05) is 12.0 Å². The minimum Gasteiger partial charge on any atom is -0.306 e. The van der Waals surface area contributed by atoms with Gasteiger partial charge in [-0.2, -0.15) is 0 Å². The van der Waals surface area contributed by atoms with E-state index in [2.05, 4.69) is 20.3 Å². The van der Waals surface area contributed by atoms with Gasteiger partial charge in [-0.15, -0.1) is 0 Å². The lowest BCUT2D eigenvalue weighted by atomic mass is 10.1. The van der Waals surface area contributed by atoms with E-state index < -0.39 is 0 Å². The molecule has 0 spiro atoms. The van der Waals surface area contributed by atoms with Gasteiger partial charge in [0.2, 0.25) is 11.7 Å². The van der Waals surface area contributed by atoms with Crippen LogP contribution in [0.2, 0.25) is 0 Å². The molecule has 2 rings (SSSR count). The summed E-state index contributed by atoms with van der Waals surface area (Å²) in [7, 11) is 0. The predicted molar refractivity (Wildman–Crippen MR) is 63.4 cm³/mol. The van der Waals surface area contributed by atoms with Crippen LogP contribution in [0.25, 0.3) is 11.3 Å². The number of amides is 1. The highest BCUT2D eigenvalue weighted by Crippen LogP contribution is 2.24. The maximum Gasteiger partial charge on any atom is 0.225 e. The number of hydrogen-bond donors (Lipinski definition) is 1. The number of nitrogens with one attached hydrogen (secondary N) is 1. The van der Waals surface area contributed by atoms with Crippen molar-refractivity contribution in [2.45, 2.75) is 20.3 Å². The molecule has 88 valence electrons. The Morgan fingerprint density at radius 3 is 2.65 bits per heavy atom. The van der Waals surface area contributed by atoms with E-state index >= 15 is 0 Å². The van der Waals surface area contributed by atoms with Crippen molar-refractivity contribution in [1.29, 1.82) is 0 Å². The van der Waals surface area contributed by atoms with E-state index in [-0.39, 0.29) is 5.91 Å². The van der Waals surface area contributed by atoms with Crippen molar-refractivity contribution in [2.24, 2.45) is 0 Å². The van der Waals surface area contributed by atoms with Crippen molar-refractivity contribution < 1.29 is 9.42 Å². The van der Waals surface area contributed by atoms with Crippen LogP contribution >= 0.6 is 0 Å². The highest BCUT2D eigenvalue weighted by Gasteiger charge is 2.13.